The average Bonchev–Trinajstić information content (AvgIpc) is 3.91. The summed E-state index contributed by atoms with van der Waals surface area (Å²) in [5.74, 6) is 0.821. The van der Waals surface area contributed by atoms with E-state index < -0.39 is 6.04 Å². The van der Waals surface area contributed by atoms with Gasteiger partial charge in [0.15, 0.2) is 5.65 Å². The monoisotopic (exact) mass is 750 g/mol. The van der Waals surface area contributed by atoms with Gasteiger partial charge in [-0.2, -0.15) is 14.6 Å². The molecule has 5 aliphatic heterocycles. The number of hydrogen-bond donors (Lipinski definition) is 3. The van der Waals surface area contributed by atoms with Gasteiger partial charge in [-0.3, -0.25) is 24.8 Å². The number of carbonyl (C=O) groups is 3. The lowest BCUT2D eigenvalue weighted by Gasteiger charge is -2.55. The van der Waals surface area contributed by atoms with Gasteiger partial charge in [0.05, 0.1) is 18.5 Å². The van der Waals surface area contributed by atoms with Crippen LogP contribution in [0.4, 0.5) is 11.6 Å². The third kappa shape index (κ3) is 6.90. The van der Waals surface area contributed by atoms with Crippen LogP contribution in [0.3, 0.4) is 0 Å². The number of nitrogens with one attached hydrogen (secondary N) is 3. The first-order chi connectivity index (χ1) is 26.6. The molecule has 290 valence electrons. The predicted octanol–water partition coefficient (Wildman–Crippen LogP) is 2.79. The minimum Gasteiger partial charge on any atom is -0.473 e. The maximum absolute atomic E-state index is 13.1. The predicted molar refractivity (Wildman–Crippen MR) is 205 cm³/mol. The second-order valence-electron chi connectivity index (χ2n) is 16.5. The molecule has 1 aromatic carbocycles. The van der Waals surface area contributed by atoms with Crippen LogP contribution < -0.4 is 20.3 Å². The van der Waals surface area contributed by atoms with E-state index in [1.807, 2.05) is 19.9 Å². The van der Waals surface area contributed by atoms with Gasteiger partial charge in [0.1, 0.15) is 11.7 Å². The zero-order valence-electron chi connectivity index (χ0n) is 31.8. The van der Waals surface area contributed by atoms with Crippen LogP contribution in [0, 0.1) is 11.3 Å². The van der Waals surface area contributed by atoms with Crippen molar-refractivity contribution >= 4 is 35.0 Å². The van der Waals surface area contributed by atoms with E-state index in [1.165, 1.54) is 12.8 Å². The Morgan fingerprint density at radius 3 is 2.60 bits per heavy atom. The number of aromatic nitrogens is 6. The lowest BCUT2D eigenvalue weighted by molar-refractivity contribution is -0.136. The second-order valence-corrected chi connectivity index (χ2v) is 16.5. The number of likely N-dealkylation sites (tertiary alicyclic amines) is 2. The Balaban J connectivity index is 0.732. The first-order valence-corrected chi connectivity index (χ1v) is 19.8. The Morgan fingerprint density at radius 2 is 1.85 bits per heavy atom. The minimum absolute atomic E-state index is 0.0574. The van der Waals surface area contributed by atoms with Crippen molar-refractivity contribution in [3.05, 3.63) is 47.9 Å². The molecule has 3 N–H and O–H groups in total. The van der Waals surface area contributed by atoms with Crippen molar-refractivity contribution in [1.82, 2.24) is 49.8 Å². The van der Waals surface area contributed by atoms with Crippen molar-refractivity contribution in [3.63, 3.8) is 0 Å². The summed E-state index contributed by atoms with van der Waals surface area (Å²) in [7, 11) is 0. The molecule has 0 bridgehead atoms. The largest absolute Gasteiger partial charge is 0.473 e. The molecule has 16 heteroatoms. The molecule has 1 spiro atoms. The van der Waals surface area contributed by atoms with Crippen LogP contribution in [0.2, 0.25) is 0 Å². The van der Waals surface area contributed by atoms with Crippen molar-refractivity contribution < 1.29 is 19.1 Å². The number of H-pyrrole nitrogens is 1. The molecule has 16 nitrogen and oxygen atoms in total. The zero-order chi connectivity index (χ0) is 37.8. The Hall–Kier alpha value is -5.09. The molecule has 5 aliphatic rings. The number of carbonyl (C=O) groups excluding carboxylic acids is 3. The van der Waals surface area contributed by atoms with E-state index >= 15 is 0 Å². The number of imide groups is 1. The van der Waals surface area contributed by atoms with Gasteiger partial charge >= 0.3 is 0 Å². The highest BCUT2D eigenvalue weighted by Crippen LogP contribution is 2.42. The molecule has 4 fully saturated rings. The Labute approximate surface area is 320 Å². The van der Waals surface area contributed by atoms with E-state index in [2.05, 4.69) is 59.6 Å². The van der Waals surface area contributed by atoms with Crippen LogP contribution >= 0.6 is 0 Å². The van der Waals surface area contributed by atoms with Crippen LogP contribution in [0.25, 0.3) is 16.9 Å². The molecular weight excluding hydrogens is 701 g/mol. The van der Waals surface area contributed by atoms with E-state index in [-0.39, 0.29) is 36.3 Å². The summed E-state index contributed by atoms with van der Waals surface area (Å²) in [5.41, 5.74) is 5.31. The lowest BCUT2D eigenvalue weighted by atomic mass is 9.72. The number of hydrogen-bond acceptors (Lipinski definition) is 12. The van der Waals surface area contributed by atoms with Crippen molar-refractivity contribution in [3.8, 4) is 17.1 Å². The van der Waals surface area contributed by atoms with Gasteiger partial charge in [-0.05, 0) is 74.6 Å². The van der Waals surface area contributed by atoms with E-state index in [0.29, 0.717) is 53.0 Å². The minimum atomic E-state index is -0.586. The molecule has 3 aromatic heterocycles. The summed E-state index contributed by atoms with van der Waals surface area (Å²) in [6.07, 6.45) is 9.18. The molecule has 4 saturated heterocycles. The van der Waals surface area contributed by atoms with Crippen molar-refractivity contribution in [2.24, 2.45) is 11.3 Å². The lowest BCUT2D eigenvalue weighted by Crippen LogP contribution is -2.61. The van der Waals surface area contributed by atoms with Gasteiger partial charge in [0.25, 0.3) is 5.91 Å². The van der Waals surface area contributed by atoms with Gasteiger partial charge in [-0.1, -0.05) is 6.92 Å². The van der Waals surface area contributed by atoms with Crippen LogP contribution in [0.5, 0.6) is 5.88 Å². The molecular formula is C39H50N12O4. The SMILES string of the molecule is CC(C)Oc1c(-c2cn[nH]c2)ncc2nc(N[C@H]3CCN(CCN4CC5(CCN(c6ccc7c(c6)CN(C6CCC(=O)NC6=O)C7=O)CC5)C4)C[C@H]3C)nn12. The summed E-state index contributed by atoms with van der Waals surface area (Å²) in [6, 6.07) is 5.79. The van der Waals surface area contributed by atoms with Crippen molar-refractivity contribution in [1.29, 1.82) is 0 Å². The van der Waals surface area contributed by atoms with Gasteiger partial charge in [-0.15, -0.1) is 5.10 Å². The molecule has 0 radical (unpaired) electrons. The summed E-state index contributed by atoms with van der Waals surface area (Å²) in [6.45, 7) is 15.3. The van der Waals surface area contributed by atoms with Gasteiger partial charge in [0, 0.05) is 94.4 Å². The molecule has 3 amide bonds. The van der Waals surface area contributed by atoms with Crippen LogP contribution in [-0.4, -0.2) is 133 Å². The fourth-order valence-electron chi connectivity index (χ4n) is 9.28. The third-order valence-electron chi connectivity index (χ3n) is 12.3. The topological polar surface area (TPSA) is 169 Å². The number of amides is 3. The highest BCUT2D eigenvalue weighted by molar-refractivity contribution is 6.05. The molecule has 3 atom stereocenters. The molecule has 0 saturated carbocycles. The summed E-state index contributed by atoms with van der Waals surface area (Å²) in [5, 5.41) is 17.7. The normalized spacial score (nSPS) is 24.4. The van der Waals surface area contributed by atoms with E-state index in [0.717, 1.165) is 75.6 Å². The van der Waals surface area contributed by atoms with E-state index in [4.69, 9.17) is 14.8 Å². The quantitative estimate of drug-likeness (QED) is 0.203. The summed E-state index contributed by atoms with van der Waals surface area (Å²) in [4.78, 5) is 55.9. The second kappa shape index (κ2) is 14.2. The number of fused-ring (bicyclic) bond motifs is 2. The van der Waals surface area contributed by atoms with E-state index in [1.54, 1.807) is 28.0 Å². The van der Waals surface area contributed by atoms with Gasteiger partial charge in [-0.25, -0.2) is 4.98 Å². The standard InChI is InChI=1S/C39H50N12O4/c1-24(2)55-37-34(27-17-41-42-18-27)40-19-32-44-38(46-51(32)37)43-30-8-11-47(20-25(30)3)14-15-48-22-39(23-48)9-12-49(13-10-39)28-4-5-29-26(16-28)21-50(36(29)54)31-6-7-33(52)45-35(31)53/h4-5,16-19,24-25,30-31H,6-15,20-23H2,1-3H3,(H,41,42)(H,43,46)(H,45,52,53)/t25-,30+,31?/m1/s1. The smallest absolute Gasteiger partial charge is 0.255 e. The van der Waals surface area contributed by atoms with Crippen LogP contribution in [0.1, 0.15) is 68.8 Å². The maximum atomic E-state index is 13.1. The first-order valence-electron chi connectivity index (χ1n) is 19.8. The van der Waals surface area contributed by atoms with E-state index in [9.17, 15) is 14.4 Å². The number of aromatic amines is 1. The number of nitrogens with zero attached hydrogens (tertiary/aromatic N) is 9. The van der Waals surface area contributed by atoms with Crippen LogP contribution in [0.15, 0.2) is 36.8 Å². The summed E-state index contributed by atoms with van der Waals surface area (Å²) < 4.78 is 7.90. The fraction of sp³-hybridized carbons (Fsp3) is 0.564. The third-order valence-corrected chi connectivity index (χ3v) is 12.3. The molecule has 55 heavy (non-hydrogen) atoms. The molecule has 1 unspecified atom stereocenters. The van der Waals surface area contributed by atoms with Gasteiger partial charge < -0.3 is 29.7 Å². The Bertz CT molecular complexity index is 2080. The first kappa shape index (κ1) is 35.6. The number of ether oxygens (including phenoxy) is 1. The van der Waals surface area contributed by atoms with Gasteiger partial charge in [0.2, 0.25) is 23.6 Å². The molecule has 0 aliphatic carbocycles. The number of rotatable bonds is 10. The number of anilines is 2. The summed E-state index contributed by atoms with van der Waals surface area (Å²) >= 11 is 0. The molecule has 4 aromatic rings. The molecule has 9 rings (SSSR count). The number of piperidine rings is 3. The highest BCUT2D eigenvalue weighted by Gasteiger charge is 2.45. The number of benzene rings is 1. The zero-order valence-corrected chi connectivity index (χ0v) is 31.8. The van der Waals surface area contributed by atoms with Crippen LogP contribution in [-0.2, 0) is 16.1 Å². The average molecular weight is 751 g/mol. The van der Waals surface area contributed by atoms with Crippen molar-refractivity contribution in [2.75, 3.05) is 62.6 Å². The molecule has 8 heterocycles. The fourth-order valence-corrected chi connectivity index (χ4v) is 9.28. The Kier molecular flexibility index (Phi) is 9.19. The highest BCUT2D eigenvalue weighted by atomic mass is 16.5. The van der Waals surface area contributed by atoms with Crippen molar-refractivity contribution in [2.45, 2.75) is 77.6 Å². The Morgan fingerprint density at radius 1 is 1.04 bits per heavy atom. The maximum Gasteiger partial charge on any atom is 0.255 e.